The third-order valence-electron chi connectivity index (χ3n) is 4.15. The van der Waals surface area contributed by atoms with Crippen molar-refractivity contribution in [1.29, 1.82) is 0 Å². The molecule has 3 heteroatoms. The Morgan fingerprint density at radius 1 is 1.31 bits per heavy atom. The quantitative estimate of drug-likeness (QED) is 0.776. The SMILES string of the molecule is Cc1cc(N2C[C@H]3CC[C@@H](C2)C3N)ccn1. The van der Waals surface area contributed by atoms with Gasteiger partial charge in [-0.15, -0.1) is 0 Å². The molecule has 1 aromatic heterocycles. The summed E-state index contributed by atoms with van der Waals surface area (Å²) in [6.07, 6.45) is 4.53. The summed E-state index contributed by atoms with van der Waals surface area (Å²) in [6.45, 7) is 4.30. The van der Waals surface area contributed by atoms with E-state index >= 15 is 0 Å². The molecule has 2 N–H and O–H groups in total. The number of fused-ring (bicyclic) bond motifs is 2. The lowest BCUT2D eigenvalue weighted by Crippen LogP contribution is -2.48. The molecule has 3 rings (SSSR count). The normalized spacial score (nSPS) is 33.1. The van der Waals surface area contributed by atoms with Crippen LogP contribution in [0.3, 0.4) is 0 Å². The molecule has 1 aliphatic carbocycles. The largest absolute Gasteiger partial charge is 0.371 e. The van der Waals surface area contributed by atoms with E-state index in [-0.39, 0.29) is 0 Å². The molecular formula is C13H19N3. The molecule has 0 aromatic carbocycles. The smallest absolute Gasteiger partial charge is 0.0400 e. The number of hydrogen-bond donors (Lipinski definition) is 1. The van der Waals surface area contributed by atoms with E-state index in [4.69, 9.17) is 5.73 Å². The van der Waals surface area contributed by atoms with Crippen molar-refractivity contribution in [3.63, 3.8) is 0 Å². The van der Waals surface area contributed by atoms with Gasteiger partial charge in [-0.3, -0.25) is 4.98 Å². The van der Waals surface area contributed by atoms with Gasteiger partial charge in [0.2, 0.25) is 0 Å². The van der Waals surface area contributed by atoms with Crippen LogP contribution in [0.2, 0.25) is 0 Å². The van der Waals surface area contributed by atoms with Crippen LogP contribution in [0.15, 0.2) is 18.3 Å². The summed E-state index contributed by atoms with van der Waals surface area (Å²) in [5.74, 6) is 1.40. The van der Waals surface area contributed by atoms with Crippen LogP contribution in [0.25, 0.3) is 0 Å². The average molecular weight is 217 g/mol. The van der Waals surface area contributed by atoms with Crippen molar-refractivity contribution >= 4 is 5.69 Å². The fraction of sp³-hybridized carbons (Fsp3) is 0.615. The van der Waals surface area contributed by atoms with Gasteiger partial charge in [0, 0.05) is 36.7 Å². The van der Waals surface area contributed by atoms with Crippen molar-refractivity contribution in [1.82, 2.24) is 4.98 Å². The summed E-state index contributed by atoms with van der Waals surface area (Å²) in [4.78, 5) is 6.74. The number of nitrogens with two attached hydrogens (primary N) is 1. The second kappa shape index (κ2) is 3.74. The predicted octanol–water partition coefficient (Wildman–Crippen LogP) is 1.56. The van der Waals surface area contributed by atoms with Crippen molar-refractivity contribution in [3.8, 4) is 0 Å². The van der Waals surface area contributed by atoms with Gasteiger partial charge in [-0.1, -0.05) is 0 Å². The number of aromatic nitrogens is 1. The first kappa shape index (κ1) is 10.1. The van der Waals surface area contributed by atoms with Gasteiger partial charge in [-0.25, -0.2) is 0 Å². The number of pyridine rings is 1. The van der Waals surface area contributed by atoms with E-state index in [0.29, 0.717) is 17.9 Å². The Balaban J connectivity index is 1.83. The predicted molar refractivity (Wildman–Crippen MR) is 65.4 cm³/mol. The first-order chi connectivity index (χ1) is 7.74. The Bertz CT molecular complexity index is 377. The topological polar surface area (TPSA) is 42.1 Å². The van der Waals surface area contributed by atoms with Crippen molar-refractivity contribution in [2.45, 2.75) is 25.8 Å². The Morgan fingerprint density at radius 2 is 2.00 bits per heavy atom. The summed E-state index contributed by atoms with van der Waals surface area (Å²) in [5, 5.41) is 0. The molecule has 1 saturated carbocycles. The standard InChI is InChI=1S/C13H19N3/c1-9-6-12(4-5-15-9)16-7-10-2-3-11(8-16)13(10)14/h4-6,10-11,13H,2-3,7-8,14H2,1H3/t10-,11+,13?. The third kappa shape index (κ3) is 1.59. The van der Waals surface area contributed by atoms with Gasteiger partial charge in [-0.2, -0.15) is 0 Å². The molecule has 1 unspecified atom stereocenters. The summed E-state index contributed by atoms with van der Waals surface area (Å²) in [7, 11) is 0. The highest BCUT2D eigenvalue weighted by Gasteiger charge is 2.39. The van der Waals surface area contributed by atoms with Crippen LogP contribution < -0.4 is 10.6 Å². The minimum absolute atomic E-state index is 0.444. The molecule has 0 radical (unpaired) electrons. The average Bonchev–Trinajstić information content (AvgIpc) is 2.53. The van der Waals surface area contributed by atoms with Crippen molar-refractivity contribution in [2.24, 2.45) is 17.6 Å². The van der Waals surface area contributed by atoms with E-state index in [1.807, 2.05) is 13.1 Å². The second-order valence-electron chi connectivity index (χ2n) is 5.24. The molecule has 0 amide bonds. The molecule has 0 spiro atoms. The lowest BCUT2D eigenvalue weighted by molar-refractivity contribution is 0.356. The van der Waals surface area contributed by atoms with Crippen molar-refractivity contribution in [2.75, 3.05) is 18.0 Å². The molecule has 1 aromatic rings. The Morgan fingerprint density at radius 3 is 2.62 bits per heavy atom. The second-order valence-corrected chi connectivity index (χ2v) is 5.24. The minimum Gasteiger partial charge on any atom is -0.371 e. The zero-order chi connectivity index (χ0) is 11.1. The minimum atomic E-state index is 0.444. The van der Waals surface area contributed by atoms with Gasteiger partial charge in [0.15, 0.2) is 0 Å². The van der Waals surface area contributed by atoms with Crippen LogP contribution in [0.4, 0.5) is 5.69 Å². The molecule has 2 fully saturated rings. The van der Waals surface area contributed by atoms with Crippen LogP contribution >= 0.6 is 0 Å². The van der Waals surface area contributed by atoms with Gasteiger partial charge in [0.1, 0.15) is 0 Å². The number of piperidine rings is 1. The van der Waals surface area contributed by atoms with E-state index in [9.17, 15) is 0 Å². The van der Waals surface area contributed by atoms with Crippen LogP contribution in [-0.4, -0.2) is 24.1 Å². The third-order valence-corrected chi connectivity index (χ3v) is 4.15. The Kier molecular flexibility index (Phi) is 2.36. The Hall–Kier alpha value is -1.09. The van der Waals surface area contributed by atoms with Gasteiger partial charge < -0.3 is 10.6 Å². The fourth-order valence-corrected chi connectivity index (χ4v) is 3.20. The van der Waals surface area contributed by atoms with Crippen LogP contribution in [0.5, 0.6) is 0 Å². The zero-order valence-corrected chi connectivity index (χ0v) is 9.76. The maximum atomic E-state index is 6.22. The summed E-state index contributed by atoms with van der Waals surface area (Å²) >= 11 is 0. The summed E-state index contributed by atoms with van der Waals surface area (Å²) < 4.78 is 0. The molecule has 3 atom stereocenters. The molecular weight excluding hydrogens is 198 g/mol. The van der Waals surface area contributed by atoms with Crippen molar-refractivity contribution < 1.29 is 0 Å². The van der Waals surface area contributed by atoms with Crippen LogP contribution in [0.1, 0.15) is 18.5 Å². The molecule has 2 heterocycles. The number of aryl methyl sites for hydroxylation is 1. The summed E-state index contributed by atoms with van der Waals surface area (Å²) in [6, 6.07) is 4.73. The molecule has 2 bridgehead atoms. The first-order valence-electron chi connectivity index (χ1n) is 6.17. The van der Waals surface area contributed by atoms with E-state index in [0.717, 1.165) is 18.8 Å². The van der Waals surface area contributed by atoms with Crippen LogP contribution in [0, 0.1) is 18.8 Å². The van der Waals surface area contributed by atoms with Gasteiger partial charge in [-0.05, 0) is 43.7 Å². The van der Waals surface area contributed by atoms with E-state index in [1.54, 1.807) is 0 Å². The first-order valence-corrected chi connectivity index (χ1v) is 6.17. The molecule has 1 saturated heterocycles. The maximum absolute atomic E-state index is 6.22. The lowest BCUT2D eigenvalue weighted by atomic mass is 9.93. The van der Waals surface area contributed by atoms with Gasteiger partial charge >= 0.3 is 0 Å². The zero-order valence-electron chi connectivity index (χ0n) is 9.76. The molecule has 86 valence electrons. The number of anilines is 1. The molecule has 16 heavy (non-hydrogen) atoms. The highest BCUT2D eigenvalue weighted by Crippen LogP contribution is 2.37. The van der Waals surface area contributed by atoms with E-state index in [2.05, 4.69) is 22.0 Å². The number of nitrogens with zero attached hydrogens (tertiary/aromatic N) is 2. The highest BCUT2D eigenvalue weighted by molar-refractivity contribution is 5.47. The van der Waals surface area contributed by atoms with Gasteiger partial charge in [0.25, 0.3) is 0 Å². The van der Waals surface area contributed by atoms with E-state index < -0.39 is 0 Å². The molecule has 2 aliphatic rings. The summed E-state index contributed by atoms with van der Waals surface area (Å²) in [5.41, 5.74) is 8.63. The van der Waals surface area contributed by atoms with E-state index in [1.165, 1.54) is 18.5 Å². The maximum Gasteiger partial charge on any atom is 0.0400 e. The molecule has 1 aliphatic heterocycles. The molecule has 3 nitrogen and oxygen atoms in total. The van der Waals surface area contributed by atoms with Crippen LogP contribution in [-0.2, 0) is 0 Å². The highest BCUT2D eigenvalue weighted by atomic mass is 15.2. The number of rotatable bonds is 1. The van der Waals surface area contributed by atoms with Crippen molar-refractivity contribution in [3.05, 3.63) is 24.0 Å². The number of hydrogen-bond acceptors (Lipinski definition) is 3. The van der Waals surface area contributed by atoms with Gasteiger partial charge in [0.05, 0.1) is 0 Å². The lowest BCUT2D eigenvalue weighted by Gasteiger charge is -2.37. The Labute approximate surface area is 96.7 Å². The monoisotopic (exact) mass is 217 g/mol. The fourth-order valence-electron chi connectivity index (χ4n) is 3.20.